The van der Waals surface area contributed by atoms with E-state index in [-0.39, 0.29) is 18.1 Å². The van der Waals surface area contributed by atoms with Crippen LogP contribution in [-0.4, -0.2) is 10.9 Å². The summed E-state index contributed by atoms with van der Waals surface area (Å²) in [5.74, 6) is -0.401. The number of rotatable bonds is 4. The van der Waals surface area contributed by atoms with Gasteiger partial charge in [0.25, 0.3) is 0 Å². The number of carbonyl (C=O) groups excluding carboxylic acids is 1. The summed E-state index contributed by atoms with van der Waals surface area (Å²) in [6.07, 6.45) is 1.89. The zero-order valence-corrected chi connectivity index (χ0v) is 11.6. The molecule has 0 radical (unpaired) electrons. The van der Waals surface area contributed by atoms with Crippen molar-refractivity contribution in [2.45, 2.75) is 25.8 Å². The summed E-state index contributed by atoms with van der Waals surface area (Å²) in [5.41, 5.74) is 1.02. The van der Waals surface area contributed by atoms with Crippen molar-refractivity contribution in [3.8, 4) is 0 Å². The third kappa shape index (κ3) is 3.63. The summed E-state index contributed by atoms with van der Waals surface area (Å²) >= 11 is 0. The number of amides is 1. The van der Waals surface area contributed by atoms with Gasteiger partial charge in [-0.05, 0) is 43.7 Å². The number of nitrogens with one attached hydrogen (secondary N) is 1. The Balaban J connectivity index is 2.04. The highest BCUT2D eigenvalue weighted by molar-refractivity contribution is 5.79. The number of aromatic nitrogens is 1. The summed E-state index contributed by atoms with van der Waals surface area (Å²) < 4.78 is 12.9. The van der Waals surface area contributed by atoms with Crippen LogP contribution in [-0.2, 0) is 16.8 Å². The predicted molar refractivity (Wildman–Crippen MR) is 75.5 cm³/mol. The monoisotopic (exact) mass is 272 g/mol. The van der Waals surface area contributed by atoms with E-state index in [1.54, 1.807) is 18.3 Å². The van der Waals surface area contributed by atoms with E-state index >= 15 is 0 Å². The average Bonchev–Trinajstić information content (AvgIpc) is 2.39. The molecular formula is C16H17FN2O. The standard InChI is InChI=1S/C16H17FN2O/c1-16(2,12-6-8-13(17)9-7-12)19-15(20)11-14-5-3-4-10-18-14/h3-10H,11H2,1-2H3,(H,19,20). The Labute approximate surface area is 117 Å². The molecule has 0 saturated heterocycles. The lowest BCUT2D eigenvalue weighted by molar-refractivity contribution is -0.122. The molecule has 1 N–H and O–H groups in total. The molecular weight excluding hydrogens is 255 g/mol. The van der Waals surface area contributed by atoms with Gasteiger partial charge in [-0.3, -0.25) is 9.78 Å². The Morgan fingerprint density at radius 2 is 1.90 bits per heavy atom. The first-order valence-electron chi connectivity index (χ1n) is 6.44. The number of halogens is 1. The Morgan fingerprint density at radius 3 is 2.50 bits per heavy atom. The first-order chi connectivity index (χ1) is 9.47. The summed E-state index contributed by atoms with van der Waals surface area (Å²) in [5, 5.41) is 2.94. The maximum Gasteiger partial charge on any atom is 0.226 e. The number of benzene rings is 1. The second-order valence-corrected chi connectivity index (χ2v) is 5.18. The van der Waals surface area contributed by atoms with Crippen molar-refractivity contribution in [2.24, 2.45) is 0 Å². The van der Waals surface area contributed by atoms with Crippen molar-refractivity contribution in [1.29, 1.82) is 0 Å². The Bertz CT molecular complexity index is 579. The molecule has 1 aromatic carbocycles. The first-order valence-corrected chi connectivity index (χ1v) is 6.44. The summed E-state index contributed by atoms with van der Waals surface area (Å²) in [4.78, 5) is 16.2. The quantitative estimate of drug-likeness (QED) is 0.930. The molecule has 104 valence electrons. The maximum absolute atomic E-state index is 12.9. The lowest BCUT2D eigenvalue weighted by atomic mass is 9.94. The van der Waals surface area contributed by atoms with Gasteiger partial charge in [0.05, 0.1) is 12.0 Å². The largest absolute Gasteiger partial charge is 0.347 e. The Hall–Kier alpha value is -2.23. The molecule has 2 aromatic rings. The van der Waals surface area contributed by atoms with Gasteiger partial charge in [0.2, 0.25) is 5.91 Å². The van der Waals surface area contributed by atoms with Crippen LogP contribution in [0.5, 0.6) is 0 Å². The van der Waals surface area contributed by atoms with Crippen LogP contribution in [0, 0.1) is 5.82 Å². The predicted octanol–water partition coefficient (Wildman–Crippen LogP) is 2.81. The van der Waals surface area contributed by atoms with Gasteiger partial charge in [0, 0.05) is 11.9 Å². The topological polar surface area (TPSA) is 42.0 Å². The minimum Gasteiger partial charge on any atom is -0.347 e. The van der Waals surface area contributed by atoms with Crippen molar-refractivity contribution in [1.82, 2.24) is 10.3 Å². The molecule has 1 amide bonds. The second-order valence-electron chi connectivity index (χ2n) is 5.18. The number of pyridine rings is 1. The van der Waals surface area contributed by atoms with E-state index in [0.717, 1.165) is 11.3 Å². The van der Waals surface area contributed by atoms with E-state index < -0.39 is 5.54 Å². The van der Waals surface area contributed by atoms with Gasteiger partial charge in [-0.15, -0.1) is 0 Å². The molecule has 2 rings (SSSR count). The minimum absolute atomic E-state index is 0.113. The van der Waals surface area contributed by atoms with Crippen LogP contribution in [0.15, 0.2) is 48.7 Å². The molecule has 0 aliphatic carbocycles. The molecule has 0 aliphatic rings. The molecule has 0 atom stereocenters. The van der Waals surface area contributed by atoms with Gasteiger partial charge in [-0.2, -0.15) is 0 Å². The molecule has 3 nitrogen and oxygen atoms in total. The van der Waals surface area contributed by atoms with Crippen LogP contribution in [0.25, 0.3) is 0 Å². The molecule has 0 fully saturated rings. The smallest absolute Gasteiger partial charge is 0.226 e. The van der Waals surface area contributed by atoms with Gasteiger partial charge in [0.15, 0.2) is 0 Å². The van der Waals surface area contributed by atoms with E-state index in [4.69, 9.17) is 0 Å². The zero-order valence-electron chi connectivity index (χ0n) is 11.6. The van der Waals surface area contributed by atoms with Crippen molar-refractivity contribution in [3.05, 3.63) is 65.7 Å². The van der Waals surface area contributed by atoms with Crippen molar-refractivity contribution >= 4 is 5.91 Å². The molecule has 0 bridgehead atoms. The van der Waals surface area contributed by atoms with E-state index in [2.05, 4.69) is 10.3 Å². The fraction of sp³-hybridized carbons (Fsp3) is 0.250. The normalized spacial score (nSPS) is 11.2. The Morgan fingerprint density at radius 1 is 1.20 bits per heavy atom. The summed E-state index contributed by atoms with van der Waals surface area (Å²) in [7, 11) is 0. The first kappa shape index (κ1) is 14.2. The highest BCUT2D eigenvalue weighted by atomic mass is 19.1. The highest BCUT2D eigenvalue weighted by Crippen LogP contribution is 2.20. The zero-order chi connectivity index (χ0) is 14.6. The molecule has 1 aromatic heterocycles. The van der Waals surface area contributed by atoms with Crippen LogP contribution >= 0.6 is 0 Å². The molecule has 0 spiro atoms. The molecule has 4 heteroatoms. The van der Waals surface area contributed by atoms with Crippen LogP contribution < -0.4 is 5.32 Å². The van der Waals surface area contributed by atoms with Crippen molar-refractivity contribution in [3.63, 3.8) is 0 Å². The summed E-state index contributed by atoms with van der Waals surface area (Å²) in [6, 6.07) is 11.6. The molecule has 0 saturated carbocycles. The number of nitrogens with zero attached hydrogens (tertiary/aromatic N) is 1. The van der Waals surface area contributed by atoms with Gasteiger partial charge in [0.1, 0.15) is 5.82 Å². The van der Waals surface area contributed by atoms with Crippen LogP contribution in [0.3, 0.4) is 0 Å². The number of carbonyl (C=O) groups is 1. The number of hydrogen-bond donors (Lipinski definition) is 1. The third-order valence-electron chi connectivity index (χ3n) is 3.09. The van der Waals surface area contributed by atoms with Gasteiger partial charge in [-0.25, -0.2) is 4.39 Å². The second kappa shape index (κ2) is 5.82. The van der Waals surface area contributed by atoms with Crippen LogP contribution in [0.2, 0.25) is 0 Å². The molecule has 0 aliphatic heterocycles. The van der Waals surface area contributed by atoms with Crippen molar-refractivity contribution in [2.75, 3.05) is 0 Å². The SMILES string of the molecule is CC(C)(NC(=O)Cc1ccccn1)c1ccc(F)cc1. The van der Waals surface area contributed by atoms with Gasteiger partial charge in [-0.1, -0.05) is 18.2 Å². The van der Waals surface area contributed by atoms with E-state index in [9.17, 15) is 9.18 Å². The Kier molecular flexibility index (Phi) is 4.13. The highest BCUT2D eigenvalue weighted by Gasteiger charge is 2.22. The average molecular weight is 272 g/mol. The fourth-order valence-corrected chi connectivity index (χ4v) is 2.00. The maximum atomic E-state index is 12.9. The fourth-order valence-electron chi connectivity index (χ4n) is 2.00. The third-order valence-corrected chi connectivity index (χ3v) is 3.09. The van der Waals surface area contributed by atoms with Crippen LogP contribution in [0.4, 0.5) is 4.39 Å². The minimum atomic E-state index is -0.556. The molecule has 0 unspecified atom stereocenters. The van der Waals surface area contributed by atoms with Gasteiger partial charge >= 0.3 is 0 Å². The lowest BCUT2D eigenvalue weighted by Crippen LogP contribution is -2.41. The summed E-state index contributed by atoms with van der Waals surface area (Å²) in [6.45, 7) is 3.77. The van der Waals surface area contributed by atoms with Crippen LogP contribution in [0.1, 0.15) is 25.1 Å². The van der Waals surface area contributed by atoms with E-state index in [1.807, 2.05) is 32.0 Å². The lowest BCUT2D eigenvalue weighted by Gasteiger charge is -2.27. The molecule has 1 heterocycles. The van der Waals surface area contributed by atoms with Crippen molar-refractivity contribution < 1.29 is 9.18 Å². The van der Waals surface area contributed by atoms with E-state index in [0.29, 0.717) is 0 Å². The van der Waals surface area contributed by atoms with E-state index in [1.165, 1.54) is 12.1 Å². The number of hydrogen-bond acceptors (Lipinski definition) is 2. The molecule has 20 heavy (non-hydrogen) atoms. The van der Waals surface area contributed by atoms with Gasteiger partial charge < -0.3 is 5.32 Å².